The Balaban J connectivity index is 2.57. The molecule has 0 saturated carbocycles. The van der Waals surface area contributed by atoms with Crippen LogP contribution in [0, 0.1) is 11.3 Å². The average molecular weight is 231 g/mol. The largest absolute Gasteiger partial charge is 0.336 e. The van der Waals surface area contributed by atoms with Gasteiger partial charge < -0.3 is 4.90 Å². The standard InChI is InChI=1S/C13H17N3O/c1-3-5-12(4-2)13(17)16-10-8-15(7-6-14)9-11-16/h3-5H,1-2,7-11H2/b12-5+. The maximum atomic E-state index is 12.0. The molecule has 0 aromatic heterocycles. The summed E-state index contributed by atoms with van der Waals surface area (Å²) >= 11 is 0. The molecular formula is C13H17N3O. The van der Waals surface area contributed by atoms with Crippen LogP contribution < -0.4 is 0 Å². The summed E-state index contributed by atoms with van der Waals surface area (Å²) in [6, 6.07) is 2.12. The molecule has 1 amide bonds. The molecule has 0 aliphatic carbocycles. The van der Waals surface area contributed by atoms with Crippen LogP contribution in [0.2, 0.25) is 0 Å². The van der Waals surface area contributed by atoms with Crippen molar-refractivity contribution < 1.29 is 4.79 Å². The molecule has 1 heterocycles. The molecule has 1 aliphatic rings. The Morgan fingerprint density at radius 3 is 2.41 bits per heavy atom. The fourth-order valence-corrected chi connectivity index (χ4v) is 1.75. The predicted molar refractivity (Wildman–Crippen MR) is 67.1 cm³/mol. The van der Waals surface area contributed by atoms with E-state index in [4.69, 9.17) is 5.26 Å². The van der Waals surface area contributed by atoms with Crippen molar-refractivity contribution in [3.8, 4) is 6.07 Å². The second kappa shape index (κ2) is 6.66. The second-order valence-corrected chi connectivity index (χ2v) is 3.79. The number of carbonyl (C=O) groups excluding carboxylic acids is 1. The maximum absolute atomic E-state index is 12.0. The minimum atomic E-state index is -0.0171. The third-order valence-electron chi connectivity index (χ3n) is 2.72. The third-order valence-corrected chi connectivity index (χ3v) is 2.72. The van der Waals surface area contributed by atoms with Crippen molar-refractivity contribution in [2.45, 2.75) is 0 Å². The van der Waals surface area contributed by atoms with Gasteiger partial charge in [0.05, 0.1) is 12.6 Å². The number of allylic oxidation sites excluding steroid dienone is 2. The van der Waals surface area contributed by atoms with Crippen molar-refractivity contribution in [2.24, 2.45) is 0 Å². The SMILES string of the molecule is C=C/C=C(\C=C)C(=O)N1CCN(CC#N)CC1. The molecule has 0 spiro atoms. The first kappa shape index (κ1) is 13.2. The Kier molecular flexibility index (Phi) is 5.18. The van der Waals surface area contributed by atoms with Crippen LogP contribution in [0.25, 0.3) is 0 Å². The highest BCUT2D eigenvalue weighted by atomic mass is 16.2. The van der Waals surface area contributed by atoms with Crippen molar-refractivity contribution in [1.82, 2.24) is 9.80 Å². The minimum Gasteiger partial charge on any atom is -0.336 e. The summed E-state index contributed by atoms with van der Waals surface area (Å²) < 4.78 is 0. The van der Waals surface area contributed by atoms with Crippen LogP contribution in [0.1, 0.15) is 0 Å². The zero-order valence-corrected chi connectivity index (χ0v) is 9.93. The summed E-state index contributed by atoms with van der Waals surface area (Å²) in [7, 11) is 0. The van der Waals surface area contributed by atoms with E-state index in [0.717, 1.165) is 13.1 Å². The summed E-state index contributed by atoms with van der Waals surface area (Å²) in [5.41, 5.74) is 0.564. The number of amides is 1. The Bertz CT molecular complexity index is 371. The normalized spacial score (nSPS) is 17.4. The summed E-state index contributed by atoms with van der Waals surface area (Å²) in [6.07, 6.45) is 4.80. The summed E-state index contributed by atoms with van der Waals surface area (Å²) in [4.78, 5) is 15.9. The fourth-order valence-electron chi connectivity index (χ4n) is 1.75. The number of carbonyl (C=O) groups is 1. The predicted octanol–water partition coefficient (Wildman–Crippen LogP) is 0.953. The molecule has 0 radical (unpaired) electrons. The number of nitriles is 1. The minimum absolute atomic E-state index is 0.0171. The van der Waals surface area contributed by atoms with E-state index in [-0.39, 0.29) is 5.91 Å². The Hall–Kier alpha value is -1.86. The highest BCUT2D eigenvalue weighted by molar-refractivity contribution is 5.96. The van der Waals surface area contributed by atoms with Crippen molar-refractivity contribution >= 4 is 5.91 Å². The molecule has 0 aromatic rings. The zero-order chi connectivity index (χ0) is 12.7. The lowest BCUT2D eigenvalue weighted by Gasteiger charge is -2.33. The van der Waals surface area contributed by atoms with Gasteiger partial charge in [-0.3, -0.25) is 9.69 Å². The Morgan fingerprint density at radius 2 is 1.94 bits per heavy atom. The monoisotopic (exact) mass is 231 g/mol. The number of nitrogens with zero attached hydrogens (tertiary/aromatic N) is 3. The molecule has 0 unspecified atom stereocenters. The number of piperazine rings is 1. The van der Waals surface area contributed by atoms with Crippen LogP contribution in [0.5, 0.6) is 0 Å². The average Bonchev–Trinajstić information content (AvgIpc) is 2.36. The summed E-state index contributed by atoms with van der Waals surface area (Å²) in [6.45, 7) is 10.4. The van der Waals surface area contributed by atoms with E-state index in [0.29, 0.717) is 25.2 Å². The van der Waals surface area contributed by atoms with Gasteiger partial charge in [0.1, 0.15) is 0 Å². The molecule has 0 aromatic carbocycles. The molecule has 4 nitrogen and oxygen atoms in total. The van der Waals surface area contributed by atoms with Crippen LogP contribution in [-0.2, 0) is 4.79 Å². The lowest BCUT2D eigenvalue weighted by molar-refractivity contribution is -0.128. The fraction of sp³-hybridized carbons (Fsp3) is 0.385. The van der Waals surface area contributed by atoms with Crippen molar-refractivity contribution in [3.05, 3.63) is 37.0 Å². The molecule has 1 aliphatic heterocycles. The van der Waals surface area contributed by atoms with E-state index in [1.54, 1.807) is 23.1 Å². The van der Waals surface area contributed by atoms with Gasteiger partial charge in [-0.05, 0) is 0 Å². The summed E-state index contributed by atoms with van der Waals surface area (Å²) in [5, 5.41) is 8.58. The van der Waals surface area contributed by atoms with Gasteiger partial charge in [-0.1, -0.05) is 31.4 Å². The number of hydrogen-bond acceptors (Lipinski definition) is 3. The molecular weight excluding hydrogens is 214 g/mol. The van der Waals surface area contributed by atoms with Crippen LogP contribution in [0.4, 0.5) is 0 Å². The molecule has 4 heteroatoms. The van der Waals surface area contributed by atoms with Crippen LogP contribution in [0.15, 0.2) is 37.0 Å². The molecule has 1 fully saturated rings. The Labute approximate surface area is 102 Å². The first-order valence-electron chi connectivity index (χ1n) is 5.56. The highest BCUT2D eigenvalue weighted by Crippen LogP contribution is 2.08. The van der Waals surface area contributed by atoms with Gasteiger partial charge in [0.2, 0.25) is 0 Å². The zero-order valence-electron chi connectivity index (χ0n) is 9.93. The van der Waals surface area contributed by atoms with Crippen molar-refractivity contribution in [3.63, 3.8) is 0 Å². The number of rotatable bonds is 4. The van der Waals surface area contributed by atoms with E-state index < -0.39 is 0 Å². The van der Waals surface area contributed by atoms with Gasteiger partial charge in [-0.2, -0.15) is 5.26 Å². The molecule has 17 heavy (non-hydrogen) atoms. The van der Waals surface area contributed by atoms with Gasteiger partial charge in [-0.15, -0.1) is 0 Å². The van der Waals surface area contributed by atoms with E-state index >= 15 is 0 Å². The van der Waals surface area contributed by atoms with Crippen molar-refractivity contribution in [2.75, 3.05) is 32.7 Å². The molecule has 0 atom stereocenters. The van der Waals surface area contributed by atoms with Crippen molar-refractivity contribution in [1.29, 1.82) is 5.26 Å². The van der Waals surface area contributed by atoms with Gasteiger partial charge in [0.15, 0.2) is 0 Å². The van der Waals surface area contributed by atoms with E-state index in [2.05, 4.69) is 19.2 Å². The molecule has 1 saturated heterocycles. The topological polar surface area (TPSA) is 47.3 Å². The van der Waals surface area contributed by atoms with Crippen LogP contribution >= 0.6 is 0 Å². The third kappa shape index (κ3) is 3.58. The van der Waals surface area contributed by atoms with Gasteiger partial charge in [0.25, 0.3) is 5.91 Å². The maximum Gasteiger partial charge on any atom is 0.253 e. The first-order chi connectivity index (χ1) is 8.22. The van der Waals surface area contributed by atoms with E-state index in [9.17, 15) is 4.79 Å². The van der Waals surface area contributed by atoms with Gasteiger partial charge in [0, 0.05) is 31.8 Å². The lowest BCUT2D eigenvalue weighted by atomic mass is 10.2. The van der Waals surface area contributed by atoms with Gasteiger partial charge in [-0.25, -0.2) is 0 Å². The first-order valence-corrected chi connectivity index (χ1v) is 5.56. The number of hydrogen-bond donors (Lipinski definition) is 0. The summed E-state index contributed by atoms with van der Waals surface area (Å²) in [5.74, 6) is -0.0171. The van der Waals surface area contributed by atoms with E-state index in [1.807, 2.05) is 4.90 Å². The molecule has 0 N–H and O–H groups in total. The van der Waals surface area contributed by atoms with Gasteiger partial charge >= 0.3 is 0 Å². The molecule has 0 bridgehead atoms. The van der Waals surface area contributed by atoms with E-state index in [1.165, 1.54) is 0 Å². The lowest BCUT2D eigenvalue weighted by Crippen LogP contribution is -2.48. The smallest absolute Gasteiger partial charge is 0.253 e. The van der Waals surface area contributed by atoms with Crippen LogP contribution in [0.3, 0.4) is 0 Å². The molecule has 1 rings (SSSR count). The Morgan fingerprint density at radius 1 is 1.29 bits per heavy atom. The second-order valence-electron chi connectivity index (χ2n) is 3.79. The molecule has 90 valence electrons. The quantitative estimate of drug-likeness (QED) is 0.411. The van der Waals surface area contributed by atoms with Crippen LogP contribution in [-0.4, -0.2) is 48.4 Å². The highest BCUT2D eigenvalue weighted by Gasteiger charge is 2.21.